The number of ketones is 1. The van der Waals surface area contributed by atoms with E-state index in [-0.39, 0.29) is 64.1 Å². The number of halogens is 4. The van der Waals surface area contributed by atoms with E-state index in [2.05, 4.69) is 4.98 Å². The lowest BCUT2D eigenvalue weighted by molar-refractivity contribution is -0.137. The summed E-state index contributed by atoms with van der Waals surface area (Å²) < 4.78 is 87.4. The molecule has 0 saturated carbocycles. The fourth-order valence-electron chi connectivity index (χ4n) is 5.10. The first-order valence-corrected chi connectivity index (χ1v) is 14.7. The number of furan rings is 1. The van der Waals surface area contributed by atoms with Gasteiger partial charge in [-0.3, -0.25) is 14.6 Å². The Labute approximate surface area is 238 Å². The molecule has 1 aliphatic heterocycles. The summed E-state index contributed by atoms with van der Waals surface area (Å²) in [5.41, 5.74) is -0.183. The average Bonchev–Trinajstić information content (AvgIpc) is 3.60. The first-order valence-electron chi connectivity index (χ1n) is 13.3. The minimum Gasteiger partial charge on any atom is -0.443 e. The first-order chi connectivity index (χ1) is 19.8. The molecule has 13 heteroatoms. The number of pyridine rings is 2. The van der Waals surface area contributed by atoms with Gasteiger partial charge in [0.05, 0.1) is 17.3 Å². The van der Waals surface area contributed by atoms with Gasteiger partial charge < -0.3 is 8.98 Å². The fourth-order valence-corrected chi connectivity index (χ4v) is 6.73. The second kappa shape index (κ2) is 11.1. The number of aryl methyl sites for hydroxylation is 1. The lowest BCUT2D eigenvalue weighted by Gasteiger charge is -2.22. The van der Waals surface area contributed by atoms with E-state index in [1.165, 1.54) is 35.0 Å². The van der Waals surface area contributed by atoms with Crippen molar-refractivity contribution in [2.24, 2.45) is 0 Å². The number of Topliss-reactive ketones (excluding diaryl/α,β-unsaturated/α-hetero) is 1. The Kier molecular flexibility index (Phi) is 7.84. The number of benzene rings is 1. The Morgan fingerprint density at radius 1 is 1.14 bits per heavy atom. The zero-order chi connectivity index (χ0) is 30.4. The predicted octanol–water partition coefficient (Wildman–Crippen LogP) is 5.75. The summed E-state index contributed by atoms with van der Waals surface area (Å²) in [4.78, 5) is 30.4. The van der Waals surface area contributed by atoms with Gasteiger partial charge in [-0.15, -0.1) is 0 Å². The van der Waals surface area contributed by atoms with Crippen molar-refractivity contribution in [1.29, 1.82) is 0 Å². The third kappa shape index (κ3) is 5.75. The van der Waals surface area contributed by atoms with E-state index >= 15 is 0 Å². The molecule has 0 bridgehead atoms. The molecule has 0 unspecified atom stereocenters. The van der Waals surface area contributed by atoms with Gasteiger partial charge in [0.2, 0.25) is 5.09 Å². The SMILES string of the molecule is CC(C)n1cc(-c2ccc(C(F)(F)F)cn2)cc(CCC(=O)[C@@H]2CCCN2S(=O)(=O)c2cc3cc(F)ccc3o2)c1=O. The number of rotatable bonds is 8. The molecular weight excluding hydrogens is 578 g/mol. The van der Waals surface area contributed by atoms with Crippen LogP contribution < -0.4 is 5.56 Å². The van der Waals surface area contributed by atoms with Crippen LogP contribution in [0.25, 0.3) is 22.2 Å². The number of hydrogen-bond acceptors (Lipinski definition) is 6. The van der Waals surface area contributed by atoms with E-state index in [1.807, 2.05) is 0 Å². The van der Waals surface area contributed by atoms with Crippen LogP contribution in [-0.2, 0) is 27.4 Å². The van der Waals surface area contributed by atoms with Crippen LogP contribution in [0.3, 0.4) is 0 Å². The third-order valence-electron chi connectivity index (χ3n) is 7.29. The van der Waals surface area contributed by atoms with Crippen LogP contribution in [0.2, 0.25) is 0 Å². The summed E-state index contributed by atoms with van der Waals surface area (Å²) >= 11 is 0. The van der Waals surface area contributed by atoms with Crippen LogP contribution in [-0.4, -0.2) is 40.6 Å². The van der Waals surface area contributed by atoms with Crippen molar-refractivity contribution >= 4 is 26.8 Å². The Morgan fingerprint density at radius 2 is 1.90 bits per heavy atom. The van der Waals surface area contributed by atoms with Gasteiger partial charge >= 0.3 is 6.18 Å². The van der Waals surface area contributed by atoms with Gasteiger partial charge in [0.1, 0.15) is 11.4 Å². The molecule has 0 N–H and O–H groups in total. The molecule has 0 spiro atoms. The normalized spacial score (nSPS) is 16.5. The van der Waals surface area contributed by atoms with Crippen molar-refractivity contribution < 1.29 is 35.2 Å². The number of nitrogens with zero attached hydrogens (tertiary/aromatic N) is 3. The van der Waals surface area contributed by atoms with Crippen molar-refractivity contribution in [2.45, 2.75) is 62.9 Å². The minimum absolute atomic E-state index is 0.00678. The molecule has 4 aromatic rings. The topological polar surface area (TPSA) is 102 Å². The van der Waals surface area contributed by atoms with E-state index in [4.69, 9.17) is 4.42 Å². The monoisotopic (exact) mass is 605 g/mol. The number of fused-ring (bicyclic) bond motifs is 1. The summed E-state index contributed by atoms with van der Waals surface area (Å²) in [5.74, 6) is -0.928. The maximum absolute atomic E-state index is 13.6. The molecule has 4 heterocycles. The van der Waals surface area contributed by atoms with Crippen LogP contribution >= 0.6 is 0 Å². The zero-order valence-electron chi connectivity index (χ0n) is 22.7. The molecule has 1 saturated heterocycles. The highest BCUT2D eigenvalue weighted by molar-refractivity contribution is 7.89. The number of carbonyl (C=O) groups excluding carboxylic acids is 1. The molecule has 0 aliphatic carbocycles. The third-order valence-corrected chi connectivity index (χ3v) is 9.06. The molecule has 222 valence electrons. The second-order valence-electron chi connectivity index (χ2n) is 10.5. The van der Waals surface area contributed by atoms with Gasteiger partial charge in [-0.05, 0) is 69.5 Å². The van der Waals surface area contributed by atoms with Crippen molar-refractivity contribution in [2.75, 3.05) is 6.54 Å². The highest BCUT2D eigenvalue weighted by Crippen LogP contribution is 2.32. The average molecular weight is 606 g/mol. The lowest BCUT2D eigenvalue weighted by atomic mass is 10.0. The fraction of sp³-hybridized carbons (Fsp3) is 0.345. The smallest absolute Gasteiger partial charge is 0.417 e. The molecule has 0 radical (unpaired) electrons. The van der Waals surface area contributed by atoms with Crippen molar-refractivity contribution in [3.63, 3.8) is 0 Å². The molecule has 1 fully saturated rings. The van der Waals surface area contributed by atoms with E-state index in [0.717, 1.165) is 28.7 Å². The lowest BCUT2D eigenvalue weighted by Crippen LogP contribution is -2.40. The number of sulfonamides is 1. The van der Waals surface area contributed by atoms with Crippen LogP contribution in [0.4, 0.5) is 17.6 Å². The van der Waals surface area contributed by atoms with Crippen molar-refractivity contribution in [3.8, 4) is 11.3 Å². The van der Waals surface area contributed by atoms with E-state index in [1.54, 1.807) is 13.8 Å². The summed E-state index contributed by atoms with van der Waals surface area (Å²) in [5, 5.41) is -0.112. The van der Waals surface area contributed by atoms with Gasteiger partial charge in [0.15, 0.2) is 5.78 Å². The number of alkyl halides is 3. The van der Waals surface area contributed by atoms with Gasteiger partial charge in [0.25, 0.3) is 15.6 Å². The quantitative estimate of drug-likeness (QED) is 0.237. The summed E-state index contributed by atoms with van der Waals surface area (Å²) in [6, 6.07) is 7.24. The van der Waals surface area contributed by atoms with Gasteiger partial charge in [-0.1, -0.05) is 0 Å². The Balaban J connectivity index is 1.38. The second-order valence-corrected chi connectivity index (χ2v) is 12.3. The van der Waals surface area contributed by atoms with Crippen LogP contribution in [0, 0.1) is 5.82 Å². The van der Waals surface area contributed by atoms with E-state index in [0.29, 0.717) is 18.4 Å². The number of carbonyl (C=O) groups is 1. The minimum atomic E-state index is -4.54. The summed E-state index contributed by atoms with van der Waals surface area (Å²) in [6.07, 6.45) is -1.72. The molecular formula is C29H27F4N3O5S. The number of aromatic nitrogens is 2. The van der Waals surface area contributed by atoms with Crippen LogP contribution in [0.5, 0.6) is 0 Å². The standard InChI is InChI=1S/C29H27F4N3O5S/c1-17(2)35-16-20(23-8-6-21(15-34-23)29(31,32)33)12-18(28(35)38)5-9-25(37)24-4-3-11-36(24)42(39,40)27-14-19-13-22(30)7-10-26(19)41-27/h6-8,10,12-17,24H,3-5,9,11H2,1-2H3/t24-/m0/s1. The van der Waals surface area contributed by atoms with Gasteiger partial charge in [0, 0.05) is 54.0 Å². The maximum atomic E-state index is 13.6. The molecule has 0 amide bonds. The van der Waals surface area contributed by atoms with Crippen molar-refractivity contribution in [1.82, 2.24) is 13.9 Å². The first kappa shape index (κ1) is 29.6. The Morgan fingerprint density at radius 3 is 2.57 bits per heavy atom. The van der Waals surface area contributed by atoms with E-state index in [9.17, 15) is 35.6 Å². The van der Waals surface area contributed by atoms with Crippen LogP contribution in [0.15, 0.2) is 69.2 Å². The summed E-state index contributed by atoms with van der Waals surface area (Å²) in [7, 11) is -4.20. The highest BCUT2D eigenvalue weighted by Gasteiger charge is 2.40. The zero-order valence-corrected chi connectivity index (χ0v) is 23.5. The van der Waals surface area contributed by atoms with Gasteiger partial charge in [-0.25, -0.2) is 12.8 Å². The Bertz CT molecular complexity index is 1810. The molecule has 42 heavy (non-hydrogen) atoms. The molecule has 1 atom stereocenters. The largest absolute Gasteiger partial charge is 0.443 e. The number of hydrogen-bond donors (Lipinski definition) is 0. The Hall–Kier alpha value is -3.84. The maximum Gasteiger partial charge on any atom is 0.417 e. The molecule has 1 aliphatic rings. The van der Waals surface area contributed by atoms with E-state index < -0.39 is 33.6 Å². The predicted molar refractivity (Wildman–Crippen MR) is 146 cm³/mol. The summed E-state index contributed by atoms with van der Waals surface area (Å²) in [6.45, 7) is 3.64. The molecule has 1 aromatic carbocycles. The molecule has 3 aromatic heterocycles. The highest BCUT2D eigenvalue weighted by atomic mass is 32.2. The van der Waals surface area contributed by atoms with Gasteiger partial charge in [-0.2, -0.15) is 17.5 Å². The molecule has 5 rings (SSSR count). The van der Waals surface area contributed by atoms with Crippen LogP contribution in [0.1, 0.15) is 50.3 Å². The van der Waals surface area contributed by atoms with Crippen molar-refractivity contribution in [3.05, 3.63) is 82.2 Å². The molecule has 8 nitrogen and oxygen atoms in total.